The van der Waals surface area contributed by atoms with Gasteiger partial charge in [0.2, 0.25) is 0 Å². The van der Waals surface area contributed by atoms with Crippen LogP contribution in [-0.2, 0) is 0 Å². The summed E-state index contributed by atoms with van der Waals surface area (Å²) in [5.41, 5.74) is 0. The molecule has 3 heteroatoms. The van der Waals surface area contributed by atoms with Crippen molar-refractivity contribution in [1.29, 1.82) is 0 Å². The monoisotopic (exact) mass is 210 g/mol. The lowest BCUT2D eigenvalue weighted by molar-refractivity contribution is 0.502. The molecule has 0 bridgehead atoms. The number of nitrogens with one attached hydrogen (secondary N) is 1. The molecule has 1 aliphatic rings. The SMILES string of the molecule is CC1CCCC(Nc2nccs2)CC1. The van der Waals surface area contributed by atoms with Gasteiger partial charge in [-0.25, -0.2) is 4.98 Å². The molecule has 14 heavy (non-hydrogen) atoms. The van der Waals surface area contributed by atoms with Crippen LogP contribution in [0.2, 0.25) is 0 Å². The van der Waals surface area contributed by atoms with E-state index in [1.54, 1.807) is 11.3 Å². The highest BCUT2D eigenvalue weighted by atomic mass is 32.1. The van der Waals surface area contributed by atoms with E-state index < -0.39 is 0 Å². The van der Waals surface area contributed by atoms with Crippen LogP contribution in [0, 0.1) is 5.92 Å². The molecule has 1 aromatic heterocycles. The molecule has 2 rings (SSSR count). The summed E-state index contributed by atoms with van der Waals surface area (Å²) in [6.45, 7) is 2.37. The summed E-state index contributed by atoms with van der Waals surface area (Å²) in [4.78, 5) is 4.27. The van der Waals surface area contributed by atoms with Crippen LogP contribution in [0.25, 0.3) is 0 Å². The third-order valence-electron chi connectivity index (χ3n) is 3.02. The van der Waals surface area contributed by atoms with Crippen molar-refractivity contribution in [1.82, 2.24) is 4.98 Å². The lowest BCUT2D eigenvalue weighted by Crippen LogP contribution is -2.18. The number of anilines is 1. The minimum absolute atomic E-state index is 0.658. The molecule has 0 saturated heterocycles. The molecule has 0 aliphatic heterocycles. The highest BCUT2D eigenvalue weighted by Gasteiger charge is 2.16. The maximum atomic E-state index is 4.27. The van der Waals surface area contributed by atoms with E-state index >= 15 is 0 Å². The fourth-order valence-electron chi connectivity index (χ4n) is 2.10. The summed E-state index contributed by atoms with van der Waals surface area (Å²) >= 11 is 1.70. The van der Waals surface area contributed by atoms with Gasteiger partial charge in [-0.2, -0.15) is 0 Å². The van der Waals surface area contributed by atoms with Gasteiger partial charge in [-0.3, -0.25) is 0 Å². The van der Waals surface area contributed by atoms with Crippen LogP contribution in [-0.4, -0.2) is 11.0 Å². The third-order valence-corrected chi connectivity index (χ3v) is 3.72. The summed E-state index contributed by atoms with van der Waals surface area (Å²) in [7, 11) is 0. The second-order valence-corrected chi connectivity index (χ2v) is 5.19. The van der Waals surface area contributed by atoms with Gasteiger partial charge < -0.3 is 5.32 Å². The zero-order chi connectivity index (χ0) is 9.80. The zero-order valence-electron chi connectivity index (χ0n) is 8.70. The first-order valence-corrected chi connectivity index (χ1v) is 6.38. The first-order chi connectivity index (χ1) is 6.84. The van der Waals surface area contributed by atoms with Crippen LogP contribution >= 0.6 is 11.3 Å². The zero-order valence-corrected chi connectivity index (χ0v) is 9.52. The van der Waals surface area contributed by atoms with E-state index in [1.807, 2.05) is 11.6 Å². The van der Waals surface area contributed by atoms with Crippen LogP contribution < -0.4 is 5.32 Å². The third kappa shape index (κ3) is 2.71. The number of aromatic nitrogens is 1. The minimum Gasteiger partial charge on any atom is -0.359 e. The van der Waals surface area contributed by atoms with Crippen molar-refractivity contribution in [2.75, 3.05) is 5.32 Å². The van der Waals surface area contributed by atoms with E-state index in [0.717, 1.165) is 11.0 Å². The van der Waals surface area contributed by atoms with E-state index in [2.05, 4.69) is 17.2 Å². The molecular weight excluding hydrogens is 192 g/mol. The highest BCUT2D eigenvalue weighted by Crippen LogP contribution is 2.25. The van der Waals surface area contributed by atoms with Gasteiger partial charge >= 0.3 is 0 Å². The summed E-state index contributed by atoms with van der Waals surface area (Å²) in [5.74, 6) is 0.915. The normalized spacial score (nSPS) is 28.4. The quantitative estimate of drug-likeness (QED) is 0.755. The number of rotatable bonds is 2. The van der Waals surface area contributed by atoms with E-state index in [1.165, 1.54) is 32.1 Å². The van der Waals surface area contributed by atoms with E-state index in [0.29, 0.717) is 6.04 Å². The fourth-order valence-corrected chi connectivity index (χ4v) is 2.71. The molecule has 1 N–H and O–H groups in total. The Labute approximate surface area is 89.8 Å². The standard InChI is InChI=1S/C11H18N2S/c1-9-3-2-4-10(6-5-9)13-11-12-7-8-14-11/h7-10H,2-6H2,1H3,(H,12,13). The molecule has 0 aromatic carbocycles. The molecule has 0 amide bonds. The second kappa shape index (κ2) is 4.78. The van der Waals surface area contributed by atoms with Gasteiger partial charge in [-0.15, -0.1) is 11.3 Å². The van der Waals surface area contributed by atoms with Crippen molar-refractivity contribution in [3.63, 3.8) is 0 Å². The first-order valence-electron chi connectivity index (χ1n) is 5.50. The van der Waals surface area contributed by atoms with Gasteiger partial charge in [0.05, 0.1) is 0 Å². The molecule has 2 atom stereocenters. The Balaban J connectivity index is 1.86. The maximum absolute atomic E-state index is 4.27. The second-order valence-electron chi connectivity index (χ2n) is 4.29. The van der Waals surface area contributed by atoms with Gasteiger partial charge in [0.25, 0.3) is 0 Å². The van der Waals surface area contributed by atoms with Crippen LogP contribution in [0.4, 0.5) is 5.13 Å². The topological polar surface area (TPSA) is 24.9 Å². The summed E-state index contributed by atoms with van der Waals surface area (Å²) < 4.78 is 0. The van der Waals surface area contributed by atoms with Gasteiger partial charge in [0.1, 0.15) is 0 Å². The summed E-state index contributed by atoms with van der Waals surface area (Å²) in [6, 6.07) is 0.658. The molecule has 0 radical (unpaired) electrons. The summed E-state index contributed by atoms with van der Waals surface area (Å²) in [5, 5.41) is 6.65. The largest absolute Gasteiger partial charge is 0.359 e. The fraction of sp³-hybridized carbons (Fsp3) is 0.727. The van der Waals surface area contributed by atoms with Crippen molar-refractivity contribution in [2.24, 2.45) is 5.92 Å². The molecule has 1 saturated carbocycles. The number of thiazole rings is 1. The Morgan fingerprint density at radius 1 is 1.36 bits per heavy atom. The smallest absolute Gasteiger partial charge is 0.182 e. The number of nitrogens with zero attached hydrogens (tertiary/aromatic N) is 1. The average molecular weight is 210 g/mol. The highest BCUT2D eigenvalue weighted by molar-refractivity contribution is 7.13. The van der Waals surface area contributed by atoms with E-state index in [-0.39, 0.29) is 0 Å². The molecule has 1 aromatic rings. The molecule has 1 heterocycles. The van der Waals surface area contributed by atoms with Gasteiger partial charge in [0.15, 0.2) is 5.13 Å². The van der Waals surface area contributed by atoms with Gasteiger partial charge in [0, 0.05) is 17.6 Å². The van der Waals surface area contributed by atoms with E-state index in [4.69, 9.17) is 0 Å². The van der Waals surface area contributed by atoms with Crippen LogP contribution in [0.15, 0.2) is 11.6 Å². The van der Waals surface area contributed by atoms with Gasteiger partial charge in [-0.1, -0.05) is 19.8 Å². The van der Waals surface area contributed by atoms with Crippen LogP contribution in [0.3, 0.4) is 0 Å². The maximum Gasteiger partial charge on any atom is 0.182 e. The van der Waals surface area contributed by atoms with Crippen molar-refractivity contribution < 1.29 is 0 Å². The first kappa shape index (κ1) is 9.97. The average Bonchev–Trinajstić information content (AvgIpc) is 2.58. The Bertz CT molecular complexity index is 258. The number of hydrogen-bond donors (Lipinski definition) is 1. The number of hydrogen-bond acceptors (Lipinski definition) is 3. The lowest BCUT2D eigenvalue weighted by atomic mass is 10.0. The van der Waals surface area contributed by atoms with E-state index in [9.17, 15) is 0 Å². The molecule has 1 fully saturated rings. The molecule has 78 valence electrons. The van der Waals surface area contributed by atoms with Crippen molar-refractivity contribution >= 4 is 16.5 Å². The Morgan fingerprint density at radius 2 is 2.29 bits per heavy atom. The van der Waals surface area contributed by atoms with Crippen molar-refractivity contribution in [2.45, 2.75) is 45.1 Å². The van der Waals surface area contributed by atoms with Crippen molar-refractivity contribution in [3.05, 3.63) is 11.6 Å². The Hall–Kier alpha value is -0.570. The van der Waals surface area contributed by atoms with Crippen LogP contribution in [0.5, 0.6) is 0 Å². The molecule has 1 aliphatic carbocycles. The lowest BCUT2D eigenvalue weighted by Gasteiger charge is -2.15. The van der Waals surface area contributed by atoms with Gasteiger partial charge in [-0.05, 0) is 25.2 Å². The molecule has 0 spiro atoms. The predicted molar refractivity (Wildman–Crippen MR) is 61.8 cm³/mol. The Morgan fingerprint density at radius 3 is 3.07 bits per heavy atom. The minimum atomic E-state index is 0.658. The summed E-state index contributed by atoms with van der Waals surface area (Å²) in [6.07, 6.45) is 8.61. The van der Waals surface area contributed by atoms with Crippen LogP contribution in [0.1, 0.15) is 39.0 Å². The molecule has 2 nitrogen and oxygen atoms in total. The Kier molecular flexibility index (Phi) is 3.40. The molecule has 2 unspecified atom stereocenters. The van der Waals surface area contributed by atoms with Crippen molar-refractivity contribution in [3.8, 4) is 0 Å². The molecular formula is C11H18N2S. The predicted octanol–water partition coefficient (Wildman–Crippen LogP) is 3.52.